The van der Waals surface area contributed by atoms with E-state index in [1.54, 1.807) is 0 Å². The molecule has 0 unspecified atom stereocenters. The maximum absolute atomic E-state index is 5.94. The Morgan fingerprint density at radius 2 is 2.21 bits per heavy atom. The molecule has 0 radical (unpaired) electrons. The molecular formula is C12H22OS. The molecule has 1 aliphatic heterocycles. The molecule has 2 heteroatoms. The topological polar surface area (TPSA) is 9.23 Å². The normalized spacial score (nSPS) is 43.7. The van der Waals surface area contributed by atoms with Crippen molar-refractivity contribution in [1.82, 2.24) is 0 Å². The number of ether oxygens (including phenoxy) is 1. The molecule has 1 nitrogen and oxygen atoms in total. The lowest BCUT2D eigenvalue weighted by atomic mass is 9.75. The van der Waals surface area contributed by atoms with Gasteiger partial charge >= 0.3 is 0 Å². The van der Waals surface area contributed by atoms with E-state index in [-0.39, 0.29) is 0 Å². The Hall–Kier alpha value is 0.310. The van der Waals surface area contributed by atoms with E-state index in [0.717, 1.165) is 18.4 Å². The molecule has 0 aromatic carbocycles. The van der Waals surface area contributed by atoms with Gasteiger partial charge in [-0.1, -0.05) is 13.8 Å². The summed E-state index contributed by atoms with van der Waals surface area (Å²) in [6.07, 6.45) is 4.58. The van der Waals surface area contributed by atoms with Crippen LogP contribution in [-0.2, 0) is 4.74 Å². The average molecular weight is 214 g/mol. The third kappa shape index (κ3) is 1.96. The molecular weight excluding hydrogens is 192 g/mol. The molecule has 0 aromatic heterocycles. The van der Waals surface area contributed by atoms with Gasteiger partial charge in [0.25, 0.3) is 0 Å². The summed E-state index contributed by atoms with van der Waals surface area (Å²) >= 11 is 2.14. The summed E-state index contributed by atoms with van der Waals surface area (Å²) in [5.41, 5.74) is 0. The Kier molecular flexibility index (Phi) is 3.13. The highest BCUT2D eigenvalue weighted by molar-refractivity contribution is 8.00. The maximum atomic E-state index is 5.94. The highest BCUT2D eigenvalue weighted by Gasteiger charge is 2.43. The van der Waals surface area contributed by atoms with Gasteiger partial charge in [-0.15, -0.1) is 0 Å². The van der Waals surface area contributed by atoms with Crippen molar-refractivity contribution >= 4 is 11.8 Å². The van der Waals surface area contributed by atoms with Crippen molar-refractivity contribution in [2.75, 3.05) is 12.4 Å². The molecule has 0 N–H and O–H groups in total. The minimum atomic E-state index is 0.434. The summed E-state index contributed by atoms with van der Waals surface area (Å²) in [5.74, 6) is 2.92. The number of fused-ring (bicyclic) bond motifs is 1. The molecule has 1 heterocycles. The van der Waals surface area contributed by atoms with Crippen molar-refractivity contribution in [3.63, 3.8) is 0 Å². The molecule has 1 aliphatic carbocycles. The number of thioether (sulfide) groups is 1. The molecule has 2 fully saturated rings. The lowest BCUT2D eigenvalue weighted by Gasteiger charge is -2.47. The maximum Gasteiger partial charge on any atom is 0.0722 e. The minimum absolute atomic E-state index is 0.434. The third-order valence-electron chi connectivity index (χ3n) is 3.99. The van der Waals surface area contributed by atoms with Crippen LogP contribution in [0, 0.1) is 11.8 Å². The summed E-state index contributed by atoms with van der Waals surface area (Å²) in [6, 6.07) is 0. The smallest absolute Gasteiger partial charge is 0.0722 e. The van der Waals surface area contributed by atoms with E-state index in [0.29, 0.717) is 10.9 Å². The lowest BCUT2D eigenvalue weighted by molar-refractivity contribution is -0.0141. The van der Waals surface area contributed by atoms with E-state index >= 15 is 0 Å². The first kappa shape index (κ1) is 10.8. The second kappa shape index (κ2) is 4.05. The first-order chi connectivity index (χ1) is 6.62. The van der Waals surface area contributed by atoms with Crippen LogP contribution in [0.2, 0.25) is 0 Å². The van der Waals surface area contributed by atoms with Gasteiger partial charge in [0, 0.05) is 10.5 Å². The number of hydrogen-bond acceptors (Lipinski definition) is 2. The summed E-state index contributed by atoms with van der Waals surface area (Å²) in [7, 11) is 0. The molecule has 0 spiro atoms. The van der Waals surface area contributed by atoms with E-state index in [1.165, 1.54) is 25.0 Å². The molecule has 2 aliphatic rings. The summed E-state index contributed by atoms with van der Waals surface area (Å²) in [5, 5.41) is 0. The first-order valence-corrected chi connectivity index (χ1v) is 6.86. The zero-order chi connectivity index (χ0) is 10.2. The van der Waals surface area contributed by atoms with Crippen molar-refractivity contribution in [3.05, 3.63) is 0 Å². The van der Waals surface area contributed by atoms with Gasteiger partial charge in [0.15, 0.2) is 0 Å². The zero-order valence-corrected chi connectivity index (χ0v) is 10.4. The standard InChI is InChI=1S/C12H22OS/c1-9(2)10-4-5-12(3)11(8-10)13-6-7-14-12/h9-11H,4-8H2,1-3H3/t10-,11-,12+/m1/s1. The van der Waals surface area contributed by atoms with E-state index in [1.807, 2.05) is 0 Å². The van der Waals surface area contributed by atoms with Crippen molar-refractivity contribution in [3.8, 4) is 0 Å². The fourth-order valence-electron chi connectivity index (χ4n) is 2.76. The highest BCUT2D eigenvalue weighted by Crippen LogP contribution is 2.47. The Morgan fingerprint density at radius 1 is 1.43 bits per heavy atom. The summed E-state index contributed by atoms with van der Waals surface area (Å²) < 4.78 is 6.38. The minimum Gasteiger partial charge on any atom is -0.376 e. The van der Waals surface area contributed by atoms with Crippen molar-refractivity contribution in [1.29, 1.82) is 0 Å². The van der Waals surface area contributed by atoms with E-state index in [4.69, 9.17) is 4.74 Å². The Labute approximate surface area is 92.0 Å². The molecule has 2 rings (SSSR count). The fourth-order valence-corrected chi connectivity index (χ4v) is 4.01. The molecule has 1 saturated carbocycles. The van der Waals surface area contributed by atoms with E-state index < -0.39 is 0 Å². The molecule has 0 aromatic rings. The van der Waals surface area contributed by atoms with Crippen LogP contribution < -0.4 is 0 Å². The molecule has 0 bridgehead atoms. The van der Waals surface area contributed by atoms with E-state index in [2.05, 4.69) is 32.5 Å². The van der Waals surface area contributed by atoms with Crippen LogP contribution in [0.4, 0.5) is 0 Å². The van der Waals surface area contributed by atoms with Crippen LogP contribution in [0.1, 0.15) is 40.0 Å². The van der Waals surface area contributed by atoms with Crippen LogP contribution in [-0.4, -0.2) is 23.2 Å². The number of rotatable bonds is 1. The predicted octanol–water partition coefficient (Wildman–Crippen LogP) is 3.33. The van der Waals surface area contributed by atoms with Crippen LogP contribution >= 0.6 is 11.8 Å². The van der Waals surface area contributed by atoms with Gasteiger partial charge in [0.05, 0.1) is 12.7 Å². The van der Waals surface area contributed by atoms with Crippen molar-refractivity contribution < 1.29 is 4.74 Å². The largest absolute Gasteiger partial charge is 0.376 e. The third-order valence-corrected chi connectivity index (χ3v) is 5.48. The van der Waals surface area contributed by atoms with Gasteiger partial charge in [0.2, 0.25) is 0 Å². The van der Waals surface area contributed by atoms with Crippen LogP contribution in [0.25, 0.3) is 0 Å². The van der Waals surface area contributed by atoms with Gasteiger partial charge in [-0.25, -0.2) is 0 Å². The average Bonchev–Trinajstić information content (AvgIpc) is 2.16. The summed E-state index contributed by atoms with van der Waals surface area (Å²) in [4.78, 5) is 0. The van der Waals surface area contributed by atoms with Gasteiger partial charge in [-0.2, -0.15) is 11.8 Å². The molecule has 0 amide bonds. The van der Waals surface area contributed by atoms with Gasteiger partial charge in [0.1, 0.15) is 0 Å². The molecule has 82 valence electrons. The highest BCUT2D eigenvalue weighted by atomic mass is 32.2. The van der Waals surface area contributed by atoms with E-state index in [9.17, 15) is 0 Å². The molecule has 3 atom stereocenters. The first-order valence-electron chi connectivity index (χ1n) is 5.87. The summed E-state index contributed by atoms with van der Waals surface area (Å²) in [6.45, 7) is 8.07. The second-order valence-corrected chi connectivity index (χ2v) is 6.93. The Bertz CT molecular complexity index is 204. The van der Waals surface area contributed by atoms with Gasteiger partial charge < -0.3 is 4.74 Å². The Balaban J connectivity index is 2.02. The molecule has 1 saturated heterocycles. The lowest BCUT2D eigenvalue weighted by Crippen LogP contribution is -2.47. The fraction of sp³-hybridized carbons (Fsp3) is 1.00. The van der Waals surface area contributed by atoms with Crippen LogP contribution in [0.3, 0.4) is 0 Å². The van der Waals surface area contributed by atoms with Crippen molar-refractivity contribution in [2.24, 2.45) is 11.8 Å². The van der Waals surface area contributed by atoms with Gasteiger partial charge in [-0.05, 0) is 38.0 Å². The Morgan fingerprint density at radius 3 is 2.93 bits per heavy atom. The van der Waals surface area contributed by atoms with Crippen molar-refractivity contribution in [2.45, 2.75) is 50.9 Å². The van der Waals surface area contributed by atoms with Gasteiger partial charge in [-0.3, -0.25) is 0 Å². The van der Waals surface area contributed by atoms with Crippen LogP contribution in [0.5, 0.6) is 0 Å². The quantitative estimate of drug-likeness (QED) is 0.662. The second-order valence-electron chi connectivity index (χ2n) is 5.30. The monoisotopic (exact) mass is 214 g/mol. The zero-order valence-electron chi connectivity index (χ0n) is 9.58. The molecule has 14 heavy (non-hydrogen) atoms. The SMILES string of the molecule is CC(C)[C@@H]1CC[C@]2(C)SCCO[C@@H]2C1. The van der Waals surface area contributed by atoms with Crippen LogP contribution in [0.15, 0.2) is 0 Å². The predicted molar refractivity (Wildman–Crippen MR) is 62.8 cm³/mol. The number of hydrogen-bond donors (Lipinski definition) is 0.